The molecule has 0 aliphatic heterocycles. The first kappa shape index (κ1) is 12.2. The van der Waals surface area contributed by atoms with Gasteiger partial charge in [-0.15, -0.1) is 0 Å². The van der Waals surface area contributed by atoms with Crippen LogP contribution in [0.15, 0.2) is 0 Å². The molecule has 0 aromatic heterocycles. The lowest BCUT2D eigenvalue weighted by Crippen LogP contribution is -2.36. The Kier molecular flexibility index (Phi) is 2.70. The number of ether oxygens (including phenoxy) is 1. The van der Waals surface area contributed by atoms with E-state index in [0.717, 1.165) is 48.3 Å². The van der Waals surface area contributed by atoms with Gasteiger partial charge in [0, 0.05) is 6.61 Å². The van der Waals surface area contributed by atoms with Crippen molar-refractivity contribution < 1.29 is 14.6 Å². The van der Waals surface area contributed by atoms with Crippen LogP contribution in [-0.4, -0.2) is 24.8 Å². The lowest BCUT2D eigenvalue weighted by Gasteiger charge is -2.37. The van der Waals surface area contributed by atoms with Crippen molar-refractivity contribution in [2.75, 3.05) is 13.7 Å². The Morgan fingerprint density at radius 2 is 1.89 bits per heavy atom. The van der Waals surface area contributed by atoms with Crippen molar-refractivity contribution in [3.63, 3.8) is 0 Å². The molecule has 4 bridgehead atoms. The summed E-state index contributed by atoms with van der Waals surface area (Å²) in [5, 5.41) is 9.30. The summed E-state index contributed by atoms with van der Waals surface area (Å²) in [4.78, 5) is 11.9. The molecule has 0 saturated heterocycles. The van der Waals surface area contributed by atoms with Crippen molar-refractivity contribution >= 4 is 5.97 Å². The fourth-order valence-electron chi connectivity index (χ4n) is 6.77. The van der Waals surface area contributed by atoms with E-state index >= 15 is 0 Å². The highest BCUT2D eigenvalue weighted by Gasteiger charge is 2.66. The van der Waals surface area contributed by atoms with Crippen LogP contribution in [0.5, 0.6) is 0 Å². The number of hydrogen-bond donors (Lipinski definition) is 1. The van der Waals surface area contributed by atoms with E-state index in [4.69, 9.17) is 4.74 Å². The molecule has 0 aromatic rings. The Balaban J connectivity index is 1.59. The summed E-state index contributed by atoms with van der Waals surface area (Å²) in [5.74, 6) is 5.65. The van der Waals surface area contributed by atoms with E-state index in [1.807, 2.05) is 0 Å². The largest absolute Gasteiger partial charge is 0.469 e. The molecule has 0 spiro atoms. The van der Waals surface area contributed by atoms with Gasteiger partial charge in [0.15, 0.2) is 0 Å². The smallest absolute Gasteiger partial charge is 0.308 e. The number of aliphatic hydroxyl groups excluding tert-OH is 1. The predicted molar refractivity (Wildman–Crippen MR) is 70.1 cm³/mol. The van der Waals surface area contributed by atoms with Gasteiger partial charge in [0.05, 0.1) is 13.0 Å². The van der Waals surface area contributed by atoms with E-state index in [1.165, 1.54) is 26.4 Å². The maximum Gasteiger partial charge on any atom is 0.308 e. The molecule has 106 valence electrons. The van der Waals surface area contributed by atoms with E-state index in [-0.39, 0.29) is 11.9 Å². The third-order valence-corrected chi connectivity index (χ3v) is 7.02. The molecule has 8 atom stereocenters. The second-order valence-corrected chi connectivity index (χ2v) is 7.26. The molecule has 4 aliphatic rings. The molecule has 4 aliphatic carbocycles. The molecule has 19 heavy (non-hydrogen) atoms. The molecule has 0 radical (unpaired) electrons. The Labute approximate surface area is 114 Å². The van der Waals surface area contributed by atoms with Gasteiger partial charge in [0.25, 0.3) is 0 Å². The molecule has 4 saturated carbocycles. The summed E-state index contributed by atoms with van der Waals surface area (Å²) in [5.41, 5.74) is 0. The summed E-state index contributed by atoms with van der Waals surface area (Å²) < 4.78 is 5.01. The number of aliphatic hydroxyl groups is 1. The van der Waals surface area contributed by atoms with E-state index < -0.39 is 0 Å². The number of fused-ring (bicyclic) bond motifs is 9. The first-order chi connectivity index (χ1) is 9.26. The number of hydrogen-bond acceptors (Lipinski definition) is 3. The van der Waals surface area contributed by atoms with Gasteiger partial charge in [-0.25, -0.2) is 0 Å². The number of carbonyl (C=O) groups excluding carboxylic acids is 1. The zero-order chi connectivity index (χ0) is 13.1. The highest BCUT2D eigenvalue weighted by molar-refractivity contribution is 5.73. The molecule has 3 nitrogen and oxygen atoms in total. The van der Waals surface area contributed by atoms with Crippen LogP contribution in [0.25, 0.3) is 0 Å². The summed E-state index contributed by atoms with van der Waals surface area (Å²) in [6.07, 6.45) is 6.06. The second-order valence-electron chi connectivity index (χ2n) is 7.26. The van der Waals surface area contributed by atoms with Crippen molar-refractivity contribution in [1.82, 2.24) is 0 Å². The first-order valence-electron chi connectivity index (χ1n) is 7.95. The average molecular weight is 264 g/mol. The Morgan fingerprint density at radius 1 is 1.16 bits per heavy atom. The van der Waals surface area contributed by atoms with Gasteiger partial charge in [-0.2, -0.15) is 0 Å². The predicted octanol–water partition coefficient (Wildman–Crippen LogP) is 2.09. The molecule has 0 heterocycles. The SMILES string of the molecule is COC(=O)C1CC2CC1C1C3CCC(C3CCO)C21. The van der Waals surface area contributed by atoms with Crippen LogP contribution in [0, 0.1) is 47.3 Å². The minimum atomic E-state index is 0.0347. The Hall–Kier alpha value is -0.570. The Morgan fingerprint density at radius 3 is 2.58 bits per heavy atom. The Bertz CT molecular complexity index is 393. The van der Waals surface area contributed by atoms with Crippen molar-refractivity contribution in [1.29, 1.82) is 0 Å². The number of methoxy groups -OCH3 is 1. The molecular weight excluding hydrogens is 240 g/mol. The minimum absolute atomic E-state index is 0.0347. The van der Waals surface area contributed by atoms with Crippen LogP contribution in [0.2, 0.25) is 0 Å². The van der Waals surface area contributed by atoms with Crippen molar-refractivity contribution in [3.05, 3.63) is 0 Å². The topological polar surface area (TPSA) is 46.5 Å². The molecular formula is C16H24O3. The molecule has 4 fully saturated rings. The number of rotatable bonds is 3. The van der Waals surface area contributed by atoms with Crippen LogP contribution < -0.4 is 0 Å². The maximum atomic E-state index is 11.9. The van der Waals surface area contributed by atoms with Crippen molar-refractivity contribution in [2.45, 2.75) is 32.1 Å². The summed E-state index contributed by atoms with van der Waals surface area (Å²) in [6, 6.07) is 0. The summed E-state index contributed by atoms with van der Waals surface area (Å²) in [7, 11) is 1.53. The number of esters is 1. The second kappa shape index (κ2) is 4.21. The zero-order valence-electron chi connectivity index (χ0n) is 11.6. The van der Waals surface area contributed by atoms with Crippen molar-refractivity contribution in [3.8, 4) is 0 Å². The number of carbonyl (C=O) groups is 1. The third kappa shape index (κ3) is 1.45. The van der Waals surface area contributed by atoms with Crippen molar-refractivity contribution in [2.24, 2.45) is 47.3 Å². The monoisotopic (exact) mass is 264 g/mol. The van der Waals surface area contributed by atoms with Crippen LogP contribution in [-0.2, 0) is 9.53 Å². The molecule has 1 N–H and O–H groups in total. The van der Waals surface area contributed by atoms with E-state index in [0.29, 0.717) is 12.5 Å². The maximum absolute atomic E-state index is 11.9. The van der Waals surface area contributed by atoms with E-state index in [2.05, 4.69) is 0 Å². The summed E-state index contributed by atoms with van der Waals surface area (Å²) >= 11 is 0. The lowest BCUT2D eigenvalue weighted by molar-refractivity contribution is -0.149. The van der Waals surface area contributed by atoms with Gasteiger partial charge in [0.1, 0.15) is 0 Å². The molecule has 0 aromatic carbocycles. The molecule has 4 rings (SSSR count). The molecule has 3 heteroatoms. The highest BCUT2D eigenvalue weighted by atomic mass is 16.5. The molecule has 0 amide bonds. The minimum Gasteiger partial charge on any atom is -0.469 e. The van der Waals surface area contributed by atoms with Gasteiger partial charge in [-0.1, -0.05) is 0 Å². The summed E-state index contributed by atoms with van der Waals surface area (Å²) in [6.45, 7) is 0.340. The standard InChI is InChI=1S/C16H24O3/c1-19-16(18)13-7-8-6-12(13)15-11-3-2-10(14(8)15)9(11)4-5-17/h8-15,17H,2-7H2,1H3. The highest BCUT2D eigenvalue weighted by Crippen LogP contribution is 2.71. The fourth-order valence-corrected chi connectivity index (χ4v) is 6.77. The van der Waals surface area contributed by atoms with Crippen LogP contribution >= 0.6 is 0 Å². The van der Waals surface area contributed by atoms with Gasteiger partial charge in [-0.3, -0.25) is 4.79 Å². The quantitative estimate of drug-likeness (QED) is 0.627. The lowest BCUT2D eigenvalue weighted by atomic mass is 9.67. The van der Waals surface area contributed by atoms with Gasteiger partial charge >= 0.3 is 5.97 Å². The molecule has 8 unspecified atom stereocenters. The van der Waals surface area contributed by atoms with E-state index in [1.54, 1.807) is 0 Å². The van der Waals surface area contributed by atoms with Gasteiger partial charge < -0.3 is 9.84 Å². The fraction of sp³-hybridized carbons (Fsp3) is 0.938. The third-order valence-electron chi connectivity index (χ3n) is 7.02. The van der Waals surface area contributed by atoms with Crippen LogP contribution in [0.4, 0.5) is 0 Å². The van der Waals surface area contributed by atoms with Gasteiger partial charge in [-0.05, 0) is 73.5 Å². The van der Waals surface area contributed by atoms with Crippen LogP contribution in [0.3, 0.4) is 0 Å². The van der Waals surface area contributed by atoms with Gasteiger partial charge in [0.2, 0.25) is 0 Å². The van der Waals surface area contributed by atoms with Crippen LogP contribution in [0.1, 0.15) is 32.1 Å². The zero-order valence-corrected chi connectivity index (χ0v) is 11.6. The average Bonchev–Trinajstić information content (AvgIpc) is 3.15. The van der Waals surface area contributed by atoms with E-state index in [9.17, 15) is 9.90 Å². The first-order valence-corrected chi connectivity index (χ1v) is 7.95. The normalized spacial score (nSPS) is 53.6.